The van der Waals surface area contributed by atoms with Crippen molar-refractivity contribution in [2.45, 2.75) is 58.3 Å². The van der Waals surface area contributed by atoms with E-state index in [9.17, 15) is 4.79 Å². The van der Waals surface area contributed by atoms with Gasteiger partial charge in [0.05, 0.1) is 6.61 Å². The fraction of sp³-hybridized carbons (Fsp3) is 0.917. The van der Waals surface area contributed by atoms with Crippen LogP contribution >= 0.6 is 0 Å². The summed E-state index contributed by atoms with van der Waals surface area (Å²) < 4.78 is 5.03. The van der Waals surface area contributed by atoms with E-state index in [0.29, 0.717) is 18.9 Å². The lowest BCUT2D eigenvalue weighted by atomic mass is 9.95. The Morgan fingerprint density at radius 1 is 1.29 bits per heavy atom. The standard InChI is InChI=1S/C12H22O2/c1-2-3-4-5-6-7-11-8-9-12(13)14-10-11/h11H,2-10H2,1H3. The van der Waals surface area contributed by atoms with Crippen molar-refractivity contribution in [3.63, 3.8) is 0 Å². The summed E-state index contributed by atoms with van der Waals surface area (Å²) in [5.74, 6) is 0.640. The maximum Gasteiger partial charge on any atom is 0.305 e. The monoisotopic (exact) mass is 198 g/mol. The van der Waals surface area contributed by atoms with E-state index in [1.54, 1.807) is 0 Å². The molecule has 0 radical (unpaired) electrons. The highest BCUT2D eigenvalue weighted by atomic mass is 16.5. The van der Waals surface area contributed by atoms with Crippen molar-refractivity contribution < 1.29 is 9.53 Å². The maximum atomic E-state index is 10.8. The first-order chi connectivity index (χ1) is 6.83. The van der Waals surface area contributed by atoms with E-state index in [1.807, 2.05) is 0 Å². The van der Waals surface area contributed by atoms with E-state index in [1.165, 1.54) is 38.5 Å². The van der Waals surface area contributed by atoms with Gasteiger partial charge >= 0.3 is 5.97 Å². The minimum absolute atomic E-state index is 0.00719. The van der Waals surface area contributed by atoms with Crippen LogP contribution in [-0.4, -0.2) is 12.6 Å². The largest absolute Gasteiger partial charge is 0.465 e. The molecule has 2 heteroatoms. The zero-order valence-corrected chi connectivity index (χ0v) is 9.26. The lowest BCUT2D eigenvalue weighted by Crippen LogP contribution is -2.21. The van der Waals surface area contributed by atoms with Crippen molar-refractivity contribution >= 4 is 5.97 Å². The first kappa shape index (κ1) is 11.5. The third kappa shape index (κ3) is 4.64. The molecule has 0 aromatic carbocycles. The number of esters is 1. The van der Waals surface area contributed by atoms with Crippen LogP contribution in [0.5, 0.6) is 0 Å². The summed E-state index contributed by atoms with van der Waals surface area (Å²) in [6, 6.07) is 0. The third-order valence-electron chi connectivity index (χ3n) is 2.95. The Balaban J connectivity index is 1.94. The molecule has 0 bridgehead atoms. The molecule has 82 valence electrons. The van der Waals surface area contributed by atoms with Gasteiger partial charge in [0, 0.05) is 6.42 Å². The average Bonchev–Trinajstić information content (AvgIpc) is 2.21. The second kappa shape index (κ2) is 6.86. The van der Waals surface area contributed by atoms with Gasteiger partial charge in [-0.2, -0.15) is 0 Å². The predicted molar refractivity (Wildman–Crippen MR) is 57.1 cm³/mol. The number of hydrogen-bond acceptors (Lipinski definition) is 2. The van der Waals surface area contributed by atoms with E-state index in [-0.39, 0.29) is 5.97 Å². The molecule has 0 amide bonds. The highest BCUT2D eigenvalue weighted by Crippen LogP contribution is 2.20. The van der Waals surface area contributed by atoms with Crippen LogP contribution in [0.25, 0.3) is 0 Å². The summed E-state index contributed by atoms with van der Waals surface area (Å²) in [6.07, 6.45) is 9.62. The van der Waals surface area contributed by atoms with Crippen LogP contribution in [-0.2, 0) is 9.53 Å². The maximum absolute atomic E-state index is 10.8. The molecule has 0 N–H and O–H groups in total. The number of hydrogen-bond donors (Lipinski definition) is 0. The topological polar surface area (TPSA) is 26.3 Å². The molecule has 1 aliphatic heterocycles. The molecule has 0 spiro atoms. The molecule has 14 heavy (non-hydrogen) atoms. The molecule has 1 saturated heterocycles. The Kier molecular flexibility index (Phi) is 5.65. The zero-order chi connectivity index (χ0) is 10.2. The summed E-state index contributed by atoms with van der Waals surface area (Å²) >= 11 is 0. The molecule has 1 unspecified atom stereocenters. The molecular weight excluding hydrogens is 176 g/mol. The second-order valence-electron chi connectivity index (χ2n) is 4.29. The Labute approximate surface area is 87.0 Å². The lowest BCUT2D eigenvalue weighted by molar-refractivity contribution is -0.149. The molecule has 1 atom stereocenters. The molecule has 0 aromatic heterocycles. The quantitative estimate of drug-likeness (QED) is 0.483. The van der Waals surface area contributed by atoms with Gasteiger partial charge < -0.3 is 4.74 Å². The van der Waals surface area contributed by atoms with Gasteiger partial charge in [-0.05, 0) is 18.8 Å². The molecule has 1 rings (SSSR count). The van der Waals surface area contributed by atoms with Crippen LogP contribution < -0.4 is 0 Å². The second-order valence-corrected chi connectivity index (χ2v) is 4.29. The van der Waals surface area contributed by atoms with Gasteiger partial charge in [0.1, 0.15) is 0 Å². The number of carbonyl (C=O) groups is 1. The van der Waals surface area contributed by atoms with Gasteiger partial charge in [-0.15, -0.1) is 0 Å². The fourth-order valence-corrected chi connectivity index (χ4v) is 1.95. The molecule has 0 aliphatic carbocycles. The van der Waals surface area contributed by atoms with Crippen molar-refractivity contribution in [1.29, 1.82) is 0 Å². The number of rotatable bonds is 6. The van der Waals surface area contributed by atoms with Crippen LogP contribution in [0.15, 0.2) is 0 Å². The number of carbonyl (C=O) groups excluding carboxylic acids is 1. The average molecular weight is 198 g/mol. The van der Waals surface area contributed by atoms with Crippen LogP contribution in [0, 0.1) is 5.92 Å². The van der Waals surface area contributed by atoms with Gasteiger partial charge in [-0.3, -0.25) is 4.79 Å². The normalized spacial score (nSPS) is 22.1. The van der Waals surface area contributed by atoms with E-state index in [2.05, 4.69) is 6.92 Å². The van der Waals surface area contributed by atoms with Crippen LogP contribution in [0.4, 0.5) is 0 Å². The van der Waals surface area contributed by atoms with Gasteiger partial charge in [-0.25, -0.2) is 0 Å². The summed E-state index contributed by atoms with van der Waals surface area (Å²) in [7, 11) is 0. The van der Waals surface area contributed by atoms with E-state index < -0.39 is 0 Å². The number of ether oxygens (including phenoxy) is 1. The SMILES string of the molecule is CCCCCCCC1CCC(=O)OC1. The molecule has 0 aromatic rings. The summed E-state index contributed by atoms with van der Waals surface area (Å²) in [4.78, 5) is 10.8. The Bertz CT molecular complexity index is 156. The molecule has 0 saturated carbocycles. The van der Waals surface area contributed by atoms with Gasteiger partial charge in [0.15, 0.2) is 0 Å². The van der Waals surface area contributed by atoms with Gasteiger partial charge in [0.2, 0.25) is 0 Å². The minimum Gasteiger partial charge on any atom is -0.465 e. The van der Waals surface area contributed by atoms with E-state index in [4.69, 9.17) is 4.74 Å². The summed E-state index contributed by atoms with van der Waals surface area (Å²) in [6.45, 7) is 2.91. The smallest absolute Gasteiger partial charge is 0.305 e. The van der Waals surface area contributed by atoms with Crippen LogP contribution in [0.2, 0.25) is 0 Å². The summed E-state index contributed by atoms with van der Waals surface area (Å²) in [5.41, 5.74) is 0. The van der Waals surface area contributed by atoms with Gasteiger partial charge in [0.25, 0.3) is 0 Å². The zero-order valence-electron chi connectivity index (χ0n) is 9.26. The first-order valence-electron chi connectivity index (χ1n) is 5.98. The molecule has 2 nitrogen and oxygen atoms in total. The van der Waals surface area contributed by atoms with E-state index >= 15 is 0 Å². The highest BCUT2D eigenvalue weighted by Gasteiger charge is 2.18. The Morgan fingerprint density at radius 2 is 2.07 bits per heavy atom. The summed E-state index contributed by atoms with van der Waals surface area (Å²) in [5, 5.41) is 0. The first-order valence-corrected chi connectivity index (χ1v) is 5.98. The third-order valence-corrected chi connectivity index (χ3v) is 2.95. The van der Waals surface area contributed by atoms with Crippen molar-refractivity contribution in [2.75, 3.05) is 6.61 Å². The Hall–Kier alpha value is -0.530. The highest BCUT2D eigenvalue weighted by molar-refractivity contribution is 5.69. The van der Waals surface area contributed by atoms with Crippen molar-refractivity contribution in [3.8, 4) is 0 Å². The van der Waals surface area contributed by atoms with Crippen molar-refractivity contribution in [1.82, 2.24) is 0 Å². The van der Waals surface area contributed by atoms with Crippen molar-refractivity contribution in [2.24, 2.45) is 5.92 Å². The lowest BCUT2D eigenvalue weighted by Gasteiger charge is -2.21. The molecule has 1 aliphatic rings. The molecule has 1 heterocycles. The van der Waals surface area contributed by atoms with Crippen LogP contribution in [0.1, 0.15) is 58.3 Å². The Morgan fingerprint density at radius 3 is 2.71 bits per heavy atom. The fourth-order valence-electron chi connectivity index (χ4n) is 1.95. The molecule has 1 fully saturated rings. The minimum atomic E-state index is -0.00719. The number of unbranched alkanes of at least 4 members (excludes halogenated alkanes) is 4. The van der Waals surface area contributed by atoms with Gasteiger partial charge in [-0.1, -0.05) is 39.0 Å². The van der Waals surface area contributed by atoms with Crippen molar-refractivity contribution in [3.05, 3.63) is 0 Å². The van der Waals surface area contributed by atoms with Crippen LogP contribution in [0.3, 0.4) is 0 Å². The van der Waals surface area contributed by atoms with E-state index in [0.717, 1.165) is 6.42 Å². The molecular formula is C12H22O2. The number of cyclic esters (lactones) is 1. The predicted octanol–water partition coefficient (Wildman–Crippen LogP) is 3.30.